The fourth-order valence-electron chi connectivity index (χ4n) is 7.88. The molecule has 0 N–H and O–H groups in total. The van der Waals surface area contributed by atoms with E-state index >= 15 is 0 Å². The molecule has 0 fully saturated rings. The van der Waals surface area contributed by atoms with Gasteiger partial charge < -0.3 is 0 Å². The number of rotatable bonds is 0. The van der Waals surface area contributed by atoms with Crippen LogP contribution in [-0.4, -0.2) is 70.3 Å². The Bertz CT molecular complexity index is 2490. The maximum absolute atomic E-state index is 9.50. The Morgan fingerprint density at radius 3 is 1.18 bits per heavy atom. The molecule has 6 aromatic rings. The van der Waals surface area contributed by atoms with E-state index in [0.717, 1.165) is 89.8 Å². The van der Waals surface area contributed by atoms with Crippen molar-refractivity contribution in [1.29, 1.82) is 0 Å². The Morgan fingerprint density at radius 1 is 0.429 bits per heavy atom. The van der Waals surface area contributed by atoms with Crippen LogP contribution in [0.3, 0.4) is 0 Å². The van der Waals surface area contributed by atoms with Gasteiger partial charge in [-0.2, -0.15) is 9.13 Å². The first-order valence-corrected chi connectivity index (χ1v) is 15.3. The van der Waals surface area contributed by atoms with Crippen LogP contribution in [0, 0.1) is 0 Å². The minimum atomic E-state index is -0.923. The zero-order valence-electron chi connectivity index (χ0n) is 26.8. The van der Waals surface area contributed by atoms with Crippen LogP contribution in [0.4, 0.5) is 29.2 Å². The zero-order valence-corrected chi connectivity index (χ0v) is 26.8. The van der Waals surface area contributed by atoms with E-state index in [-0.39, 0.29) is 0 Å². The summed E-state index contributed by atoms with van der Waals surface area (Å²) in [6, 6.07) is 34.0. The van der Waals surface area contributed by atoms with Crippen molar-refractivity contribution in [2.45, 2.75) is 5.91 Å². The highest BCUT2D eigenvalue weighted by Gasteiger charge is 2.69. The van der Waals surface area contributed by atoms with E-state index in [9.17, 15) is 17.6 Å². The van der Waals surface area contributed by atoms with Gasteiger partial charge in [-0.15, -0.1) is 9.15 Å². The summed E-state index contributed by atoms with van der Waals surface area (Å²) in [6.07, 6.45) is 0. The van der Waals surface area contributed by atoms with Crippen molar-refractivity contribution in [3.05, 3.63) is 130 Å². The smallest absolute Gasteiger partial charge is 0.255 e. The Kier molecular flexibility index (Phi) is 6.81. The molecule has 6 aliphatic rings. The molecule has 242 valence electrons. The second-order valence-electron chi connectivity index (χ2n) is 11.2. The van der Waals surface area contributed by atoms with Gasteiger partial charge in [0.15, 0.2) is 0 Å². The van der Waals surface area contributed by atoms with Gasteiger partial charge in [-0.05, 0) is 48.5 Å². The molecule has 1 spiro atoms. The Labute approximate surface area is 277 Å². The van der Waals surface area contributed by atoms with Crippen LogP contribution < -0.4 is 11.0 Å². The highest BCUT2D eigenvalue weighted by atomic mass is 19.1. The van der Waals surface area contributed by atoms with Gasteiger partial charge in [0.05, 0.1) is 51.0 Å². The predicted molar refractivity (Wildman–Crippen MR) is 182 cm³/mol. The maximum Gasteiger partial charge on any atom is 0.404 e. The Balaban J connectivity index is 0.000000410. The van der Waals surface area contributed by atoms with Crippen LogP contribution in [0.25, 0.3) is 21.5 Å². The summed E-state index contributed by atoms with van der Waals surface area (Å²) < 4.78 is 47.3. The average molecular weight is 661 g/mol. The molecule has 8 nitrogen and oxygen atoms in total. The molecule has 12 heteroatoms. The molecule has 0 saturated carbocycles. The maximum atomic E-state index is 9.50. The monoisotopic (exact) mass is 660 g/mol. The summed E-state index contributed by atoms with van der Waals surface area (Å²) in [4.78, 5) is 21.7. The molecule has 0 bridgehead atoms. The van der Waals surface area contributed by atoms with Gasteiger partial charge in [0.1, 0.15) is 0 Å². The molecule has 0 atom stereocenters. The first-order valence-electron chi connectivity index (χ1n) is 15.3. The number of hydrogen-bond donors (Lipinski definition) is 0. The second-order valence-corrected chi connectivity index (χ2v) is 11.2. The van der Waals surface area contributed by atoms with Crippen LogP contribution >= 0.6 is 0 Å². The standard InChI is InChI=1S/C33H16N8.4CH3F/c1-2-10-18-17(9-1)25-34-27-19-11-3-4-12-20(19)29-36-31-23-15-7-8-16-24(23)32-37-30-22-14-6-5-13-21(22)28-35-26(18)38(25)33(39(27)29,40(28)30)41(31)32;4*1-2/h1-16H;4*1H3/q+2;;;;. The quantitative estimate of drug-likeness (QED) is 0.141. The lowest BCUT2D eigenvalue weighted by Gasteiger charge is -2.40. The number of alkyl halides is 4. The van der Waals surface area contributed by atoms with Gasteiger partial charge in [-0.3, -0.25) is 17.6 Å². The van der Waals surface area contributed by atoms with E-state index < -0.39 is 5.91 Å². The lowest BCUT2D eigenvalue weighted by molar-refractivity contribution is -0.790. The third-order valence-electron chi connectivity index (χ3n) is 9.38. The number of fused-ring (bicyclic) bond motifs is 12. The van der Waals surface area contributed by atoms with Crippen molar-refractivity contribution in [3.63, 3.8) is 0 Å². The van der Waals surface area contributed by atoms with E-state index in [2.05, 4.69) is 115 Å². The summed E-state index contributed by atoms with van der Waals surface area (Å²) >= 11 is 0. The molecular formula is C37H28F4N8+2. The van der Waals surface area contributed by atoms with Crippen LogP contribution in [0.1, 0.15) is 22.3 Å². The number of aliphatic imine (C=N–C) groups is 2. The van der Waals surface area contributed by atoms with Crippen LogP contribution in [-0.2, 0) is 5.91 Å². The SMILES string of the molecule is CF.CF.CF.CF.c1ccc2c(c1)C1=Nc3c4ccccc4c4n3C35n6c(c7ccccc7c6=NC6=[N+]3C(=N4)c3ccccc36)=NC2=[N+]15. The zero-order chi connectivity index (χ0) is 34.2. The minimum absolute atomic E-state index is 0.500. The third-order valence-corrected chi connectivity index (χ3v) is 9.38. The van der Waals surface area contributed by atoms with Crippen molar-refractivity contribution < 1.29 is 26.7 Å². The Hall–Kier alpha value is -6.04. The van der Waals surface area contributed by atoms with Crippen molar-refractivity contribution in [2.75, 3.05) is 28.7 Å². The van der Waals surface area contributed by atoms with Crippen LogP contribution in [0.15, 0.2) is 117 Å². The van der Waals surface area contributed by atoms with Crippen molar-refractivity contribution in [1.82, 2.24) is 9.13 Å². The Morgan fingerprint density at radius 2 is 0.776 bits per heavy atom. The molecule has 8 heterocycles. The summed E-state index contributed by atoms with van der Waals surface area (Å²) in [5, 5.41) is 4.33. The minimum Gasteiger partial charge on any atom is -0.255 e. The van der Waals surface area contributed by atoms with Crippen molar-refractivity contribution >= 4 is 56.5 Å². The molecule has 2 aromatic heterocycles. The first-order chi connectivity index (χ1) is 24.4. The van der Waals surface area contributed by atoms with E-state index in [1.165, 1.54) is 0 Å². The summed E-state index contributed by atoms with van der Waals surface area (Å²) in [5.74, 6) is 4.46. The summed E-state index contributed by atoms with van der Waals surface area (Å²) in [5.41, 5.74) is 6.13. The van der Waals surface area contributed by atoms with E-state index in [0.29, 0.717) is 28.7 Å². The normalized spacial score (nSPS) is 15.9. The van der Waals surface area contributed by atoms with Gasteiger partial charge in [0.2, 0.25) is 22.6 Å². The largest absolute Gasteiger partial charge is 0.404 e. The number of benzene rings is 4. The van der Waals surface area contributed by atoms with Crippen LogP contribution in [0.2, 0.25) is 0 Å². The molecule has 0 saturated heterocycles. The van der Waals surface area contributed by atoms with E-state index in [1.807, 2.05) is 0 Å². The fourth-order valence-corrected chi connectivity index (χ4v) is 7.88. The highest BCUT2D eigenvalue weighted by molar-refractivity contribution is 6.20. The predicted octanol–water partition coefficient (Wildman–Crippen LogP) is 6.05. The number of nitrogens with zero attached hydrogens (tertiary/aromatic N) is 8. The first kappa shape index (κ1) is 30.3. The third kappa shape index (κ3) is 3.32. The molecule has 0 amide bonds. The molecule has 6 aliphatic heterocycles. The highest BCUT2D eigenvalue weighted by Crippen LogP contribution is 2.52. The molecular weight excluding hydrogens is 632 g/mol. The van der Waals surface area contributed by atoms with Crippen molar-refractivity contribution in [2.24, 2.45) is 20.0 Å². The molecule has 0 radical (unpaired) electrons. The molecule has 49 heavy (non-hydrogen) atoms. The van der Waals surface area contributed by atoms with Gasteiger partial charge in [-0.1, -0.05) is 68.5 Å². The number of amidine groups is 4. The van der Waals surface area contributed by atoms with E-state index in [1.54, 1.807) is 0 Å². The lowest BCUT2D eigenvalue weighted by atomic mass is 10.1. The fraction of sp³-hybridized carbons (Fsp3) is 0.135. The number of aromatic nitrogens is 2. The van der Waals surface area contributed by atoms with Gasteiger partial charge in [-0.25, -0.2) is 0 Å². The number of halogens is 4. The van der Waals surface area contributed by atoms with Crippen LogP contribution in [0.5, 0.6) is 0 Å². The topological polar surface area (TPSA) is 65.3 Å². The molecule has 0 aliphatic carbocycles. The van der Waals surface area contributed by atoms with Gasteiger partial charge >= 0.3 is 5.91 Å². The number of hydrogen-bond acceptors (Lipinski definition) is 4. The van der Waals surface area contributed by atoms with Gasteiger partial charge in [0.25, 0.3) is 23.3 Å². The molecule has 12 rings (SSSR count). The average Bonchev–Trinajstić information content (AvgIpc) is 3.91. The molecule has 4 aromatic carbocycles. The van der Waals surface area contributed by atoms with Crippen molar-refractivity contribution in [3.8, 4) is 0 Å². The summed E-state index contributed by atoms with van der Waals surface area (Å²) in [6.45, 7) is 0. The summed E-state index contributed by atoms with van der Waals surface area (Å²) in [7, 11) is 2.00. The second kappa shape index (κ2) is 11.0. The van der Waals surface area contributed by atoms with E-state index in [4.69, 9.17) is 20.0 Å². The lowest BCUT2D eigenvalue weighted by Crippen LogP contribution is -2.71. The van der Waals surface area contributed by atoms with Gasteiger partial charge in [0, 0.05) is 21.5 Å². The molecule has 0 unspecified atom stereocenters.